The molecule has 1 N–H and O–H groups in total. The summed E-state index contributed by atoms with van der Waals surface area (Å²) in [5.74, 6) is 0.973. The highest BCUT2D eigenvalue weighted by molar-refractivity contribution is 5.41. The van der Waals surface area contributed by atoms with Crippen molar-refractivity contribution in [1.29, 1.82) is 0 Å². The third-order valence-corrected chi connectivity index (χ3v) is 2.75. The molecule has 0 heterocycles. The molecule has 1 aromatic rings. The lowest BCUT2D eigenvalue weighted by Crippen LogP contribution is -2.14. The van der Waals surface area contributed by atoms with Gasteiger partial charge in [0.05, 0.1) is 6.61 Å². The van der Waals surface area contributed by atoms with Crippen molar-refractivity contribution in [2.24, 2.45) is 0 Å². The van der Waals surface area contributed by atoms with Crippen molar-refractivity contribution >= 4 is 0 Å². The van der Waals surface area contributed by atoms with Crippen molar-refractivity contribution < 1.29 is 9.84 Å². The Morgan fingerprint density at radius 2 is 1.88 bits per heavy atom. The van der Waals surface area contributed by atoms with Gasteiger partial charge in [0.1, 0.15) is 5.75 Å². The molecule has 96 valence electrons. The first-order valence-electron chi connectivity index (χ1n) is 6.30. The van der Waals surface area contributed by atoms with Crippen molar-refractivity contribution in [3.8, 4) is 5.75 Å². The number of ether oxygens (including phenoxy) is 1. The Hall–Kier alpha value is -1.02. The van der Waals surface area contributed by atoms with Crippen LogP contribution in [0.15, 0.2) is 18.2 Å². The number of benzene rings is 1. The first-order chi connectivity index (χ1) is 7.95. The summed E-state index contributed by atoms with van der Waals surface area (Å²) >= 11 is 0. The fourth-order valence-corrected chi connectivity index (χ4v) is 1.75. The van der Waals surface area contributed by atoms with Crippen LogP contribution in [0.2, 0.25) is 0 Å². The van der Waals surface area contributed by atoms with Gasteiger partial charge < -0.3 is 9.84 Å². The van der Waals surface area contributed by atoms with E-state index < -0.39 is 0 Å². The number of unbranched alkanes of at least 4 members (excludes halogenated alkanes) is 1. The van der Waals surface area contributed by atoms with Crippen LogP contribution in [0.3, 0.4) is 0 Å². The van der Waals surface area contributed by atoms with Crippen LogP contribution in [-0.2, 0) is 5.41 Å². The highest BCUT2D eigenvalue weighted by Gasteiger charge is 2.18. The molecule has 1 aromatic carbocycles. The maximum Gasteiger partial charge on any atom is 0.123 e. The third kappa shape index (κ3) is 4.39. The van der Waals surface area contributed by atoms with Crippen LogP contribution < -0.4 is 4.74 Å². The molecule has 0 atom stereocenters. The first kappa shape index (κ1) is 14.0. The van der Waals surface area contributed by atoms with Crippen LogP contribution in [-0.4, -0.2) is 18.3 Å². The first-order valence-corrected chi connectivity index (χ1v) is 6.30. The van der Waals surface area contributed by atoms with E-state index in [1.54, 1.807) is 0 Å². The Balaban J connectivity index is 2.77. The molecule has 1 rings (SSSR count). The molecule has 0 aliphatic heterocycles. The Morgan fingerprint density at radius 1 is 1.18 bits per heavy atom. The molecule has 0 unspecified atom stereocenters. The molecular weight excluding hydrogens is 212 g/mol. The van der Waals surface area contributed by atoms with E-state index in [2.05, 4.69) is 45.9 Å². The second kappa shape index (κ2) is 6.06. The van der Waals surface area contributed by atoms with Crippen LogP contribution in [0.4, 0.5) is 0 Å². The zero-order chi connectivity index (χ0) is 12.9. The molecule has 0 aromatic heterocycles. The van der Waals surface area contributed by atoms with E-state index in [1.165, 1.54) is 11.1 Å². The van der Waals surface area contributed by atoms with Gasteiger partial charge in [-0.15, -0.1) is 0 Å². The maximum atomic E-state index is 8.73. The molecule has 0 spiro atoms. The minimum Gasteiger partial charge on any atom is -0.493 e. The number of aliphatic hydroxyl groups excluding tert-OH is 1. The predicted molar refractivity (Wildman–Crippen MR) is 71.7 cm³/mol. The standard InChI is InChI=1S/C15H24O2/c1-12-7-8-14(17-10-6-5-9-16)13(11-12)15(2,3)4/h7-8,11,16H,5-6,9-10H2,1-4H3. The summed E-state index contributed by atoms with van der Waals surface area (Å²) in [6.45, 7) is 9.61. The van der Waals surface area contributed by atoms with Gasteiger partial charge in [-0.05, 0) is 36.8 Å². The van der Waals surface area contributed by atoms with Crippen molar-refractivity contribution in [2.75, 3.05) is 13.2 Å². The fraction of sp³-hybridized carbons (Fsp3) is 0.600. The molecule has 0 fully saturated rings. The molecule has 0 aliphatic carbocycles. The van der Waals surface area contributed by atoms with Gasteiger partial charge in [0.2, 0.25) is 0 Å². The third-order valence-electron chi connectivity index (χ3n) is 2.75. The normalized spacial score (nSPS) is 11.6. The molecule has 0 amide bonds. The zero-order valence-corrected chi connectivity index (χ0v) is 11.4. The molecule has 2 nitrogen and oxygen atoms in total. The van der Waals surface area contributed by atoms with Crippen LogP contribution in [0.25, 0.3) is 0 Å². The molecular formula is C15H24O2. The average Bonchev–Trinajstić information content (AvgIpc) is 2.25. The van der Waals surface area contributed by atoms with E-state index in [9.17, 15) is 0 Å². The summed E-state index contributed by atoms with van der Waals surface area (Å²) in [5.41, 5.74) is 2.61. The SMILES string of the molecule is Cc1ccc(OCCCCO)c(C(C)(C)C)c1. The van der Waals surface area contributed by atoms with Crippen LogP contribution in [0.5, 0.6) is 5.75 Å². The van der Waals surface area contributed by atoms with Crippen LogP contribution in [0.1, 0.15) is 44.7 Å². The molecule has 2 heteroatoms. The van der Waals surface area contributed by atoms with Gasteiger partial charge in [-0.25, -0.2) is 0 Å². The molecule has 0 saturated heterocycles. The monoisotopic (exact) mass is 236 g/mol. The van der Waals surface area contributed by atoms with Gasteiger partial charge >= 0.3 is 0 Å². The summed E-state index contributed by atoms with van der Waals surface area (Å²) < 4.78 is 5.81. The topological polar surface area (TPSA) is 29.5 Å². The second-order valence-electron chi connectivity index (χ2n) is 5.53. The number of aryl methyl sites for hydroxylation is 1. The lowest BCUT2D eigenvalue weighted by Gasteiger charge is -2.23. The van der Waals surface area contributed by atoms with Crippen LogP contribution in [0, 0.1) is 6.92 Å². The summed E-state index contributed by atoms with van der Waals surface area (Å²) in [6.07, 6.45) is 1.70. The molecule has 0 bridgehead atoms. The Morgan fingerprint density at radius 3 is 2.47 bits per heavy atom. The zero-order valence-electron chi connectivity index (χ0n) is 11.4. The molecule has 0 radical (unpaired) electrons. The van der Waals surface area contributed by atoms with E-state index in [-0.39, 0.29) is 12.0 Å². The number of aliphatic hydroxyl groups is 1. The van der Waals surface area contributed by atoms with Crippen molar-refractivity contribution in [3.05, 3.63) is 29.3 Å². The summed E-state index contributed by atoms with van der Waals surface area (Å²) in [7, 11) is 0. The van der Waals surface area contributed by atoms with Crippen molar-refractivity contribution in [2.45, 2.75) is 46.0 Å². The summed E-state index contributed by atoms with van der Waals surface area (Å²) in [4.78, 5) is 0. The Labute approximate surface area is 105 Å². The van der Waals surface area contributed by atoms with E-state index in [0.29, 0.717) is 6.61 Å². The number of hydrogen-bond acceptors (Lipinski definition) is 2. The van der Waals surface area contributed by atoms with Gasteiger partial charge in [-0.1, -0.05) is 38.5 Å². The van der Waals surface area contributed by atoms with Crippen molar-refractivity contribution in [1.82, 2.24) is 0 Å². The summed E-state index contributed by atoms with van der Waals surface area (Å²) in [6, 6.07) is 6.33. The van der Waals surface area contributed by atoms with Gasteiger partial charge in [0.25, 0.3) is 0 Å². The predicted octanol–water partition coefficient (Wildman–Crippen LogP) is 3.44. The highest BCUT2D eigenvalue weighted by atomic mass is 16.5. The molecule has 0 saturated carbocycles. The van der Waals surface area contributed by atoms with E-state index in [0.717, 1.165) is 18.6 Å². The lowest BCUT2D eigenvalue weighted by molar-refractivity contribution is 0.250. The maximum absolute atomic E-state index is 8.73. The minimum atomic E-state index is 0.0956. The number of hydrogen-bond donors (Lipinski definition) is 1. The second-order valence-corrected chi connectivity index (χ2v) is 5.53. The lowest BCUT2D eigenvalue weighted by atomic mass is 9.85. The van der Waals surface area contributed by atoms with Gasteiger partial charge in [-0.2, -0.15) is 0 Å². The van der Waals surface area contributed by atoms with Crippen LogP contribution >= 0.6 is 0 Å². The summed E-state index contributed by atoms with van der Waals surface area (Å²) in [5, 5.41) is 8.73. The van der Waals surface area contributed by atoms with Gasteiger partial charge in [-0.3, -0.25) is 0 Å². The fourth-order valence-electron chi connectivity index (χ4n) is 1.75. The Bertz CT molecular complexity index is 350. The molecule has 17 heavy (non-hydrogen) atoms. The largest absolute Gasteiger partial charge is 0.493 e. The minimum absolute atomic E-state index is 0.0956. The smallest absolute Gasteiger partial charge is 0.123 e. The van der Waals surface area contributed by atoms with Gasteiger partial charge in [0.15, 0.2) is 0 Å². The number of rotatable bonds is 5. The van der Waals surface area contributed by atoms with Crippen molar-refractivity contribution in [3.63, 3.8) is 0 Å². The highest BCUT2D eigenvalue weighted by Crippen LogP contribution is 2.32. The van der Waals surface area contributed by atoms with E-state index >= 15 is 0 Å². The Kier molecular flexibility index (Phi) is 5.01. The van der Waals surface area contributed by atoms with Gasteiger partial charge in [0, 0.05) is 6.61 Å². The average molecular weight is 236 g/mol. The van der Waals surface area contributed by atoms with E-state index in [4.69, 9.17) is 9.84 Å². The van der Waals surface area contributed by atoms with E-state index in [1.807, 2.05) is 0 Å². The quantitative estimate of drug-likeness (QED) is 0.793. The molecule has 0 aliphatic rings.